The number of nitrogens with one attached hydrogen (secondary N) is 2. The minimum Gasteiger partial charge on any atom is -0.497 e. The molecule has 0 bridgehead atoms. The fourth-order valence-corrected chi connectivity index (χ4v) is 3.20. The maximum atomic E-state index is 12.1. The summed E-state index contributed by atoms with van der Waals surface area (Å²) in [6.07, 6.45) is 0. The van der Waals surface area contributed by atoms with Crippen LogP contribution in [0.15, 0.2) is 18.2 Å². The number of fused-ring (bicyclic) bond motifs is 3. The number of methoxy groups -OCH3 is 1. The van der Waals surface area contributed by atoms with E-state index in [2.05, 4.69) is 10.6 Å². The fourth-order valence-electron chi connectivity index (χ4n) is 2.13. The predicted molar refractivity (Wildman–Crippen MR) is 73.8 cm³/mol. The van der Waals surface area contributed by atoms with Crippen LogP contribution in [0.3, 0.4) is 0 Å². The van der Waals surface area contributed by atoms with Crippen molar-refractivity contribution in [1.82, 2.24) is 5.32 Å². The molecule has 1 aliphatic heterocycles. The van der Waals surface area contributed by atoms with Crippen LogP contribution in [0.25, 0.3) is 10.1 Å². The van der Waals surface area contributed by atoms with Gasteiger partial charge in [0, 0.05) is 22.7 Å². The van der Waals surface area contributed by atoms with E-state index in [1.165, 1.54) is 11.3 Å². The smallest absolute Gasteiger partial charge is 0.263 e. The summed E-state index contributed by atoms with van der Waals surface area (Å²) in [4.78, 5) is 12.8. The highest BCUT2D eigenvalue weighted by Gasteiger charge is 2.23. The average Bonchev–Trinajstić information content (AvgIpc) is 2.67. The topological polar surface area (TPSA) is 50.4 Å². The monoisotopic (exact) mass is 262 g/mol. The van der Waals surface area contributed by atoms with Gasteiger partial charge >= 0.3 is 0 Å². The largest absolute Gasteiger partial charge is 0.497 e. The second kappa shape index (κ2) is 4.17. The second-order valence-electron chi connectivity index (χ2n) is 4.42. The molecule has 0 radical (unpaired) electrons. The van der Waals surface area contributed by atoms with E-state index in [1.54, 1.807) is 7.11 Å². The van der Waals surface area contributed by atoms with Crippen LogP contribution in [-0.4, -0.2) is 25.6 Å². The number of carbonyl (C=O) groups excluding carboxylic acids is 1. The Labute approximate surface area is 109 Å². The molecule has 0 spiro atoms. The third-order valence-electron chi connectivity index (χ3n) is 3.06. The van der Waals surface area contributed by atoms with Crippen molar-refractivity contribution in [3.63, 3.8) is 0 Å². The first-order valence-electron chi connectivity index (χ1n) is 5.84. The molecular weight excluding hydrogens is 248 g/mol. The van der Waals surface area contributed by atoms with Crippen LogP contribution in [0, 0.1) is 0 Å². The van der Waals surface area contributed by atoms with Gasteiger partial charge in [-0.15, -0.1) is 11.3 Å². The van der Waals surface area contributed by atoms with Gasteiger partial charge in [-0.2, -0.15) is 0 Å². The van der Waals surface area contributed by atoms with Crippen molar-refractivity contribution in [1.29, 1.82) is 0 Å². The van der Waals surface area contributed by atoms with Crippen molar-refractivity contribution in [2.45, 2.75) is 13.0 Å². The lowest BCUT2D eigenvalue weighted by atomic mass is 10.2. The van der Waals surface area contributed by atoms with E-state index < -0.39 is 0 Å². The highest BCUT2D eigenvalue weighted by molar-refractivity contribution is 7.21. The molecule has 0 aliphatic carbocycles. The summed E-state index contributed by atoms with van der Waals surface area (Å²) in [5.41, 5.74) is 0.927. The number of benzene rings is 1. The van der Waals surface area contributed by atoms with Crippen molar-refractivity contribution < 1.29 is 9.53 Å². The summed E-state index contributed by atoms with van der Waals surface area (Å²) in [5, 5.41) is 7.37. The Morgan fingerprint density at radius 2 is 2.28 bits per heavy atom. The van der Waals surface area contributed by atoms with Gasteiger partial charge in [0.15, 0.2) is 0 Å². The van der Waals surface area contributed by atoms with Crippen molar-refractivity contribution in [3.8, 4) is 5.75 Å². The number of carbonyl (C=O) groups is 1. The zero-order valence-corrected chi connectivity index (χ0v) is 11.1. The second-order valence-corrected chi connectivity index (χ2v) is 5.48. The van der Waals surface area contributed by atoms with Crippen LogP contribution >= 0.6 is 11.3 Å². The summed E-state index contributed by atoms with van der Waals surface area (Å²) < 4.78 is 6.33. The third-order valence-corrected chi connectivity index (χ3v) is 4.23. The molecule has 94 valence electrons. The van der Waals surface area contributed by atoms with Gasteiger partial charge in [0.25, 0.3) is 5.91 Å². The lowest BCUT2D eigenvalue weighted by molar-refractivity contribution is 0.0949. The summed E-state index contributed by atoms with van der Waals surface area (Å²) in [6.45, 7) is 2.73. The maximum absolute atomic E-state index is 12.1. The van der Waals surface area contributed by atoms with Crippen molar-refractivity contribution in [3.05, 3.63) is 23.1 Å². The van der Waals surface area contributed by atoms with Crippen LogP contribution < -0.4 is 15.4 Å². The summed E-state index contributed by atoms with van der Waals surface area (Å²) in [7, 11) is 1.65. The predicted octanol–water partition coefficient (Wildman–Crippen LogP) is 2.45. The number of hydrogen-bond donors (Lipinski definition) is 2. The van der Waals surface area contributed by atoms with E-state index >= 15 is 0 Å². The molecular formula is C13H14N2O2S. The van der Waals surface area contributed by atoms with Crippen molar-refractivity contribution in [2.75, 3.05) is 19.0 Å². The third kappa shape index (κ3) is 1.71. The Morgan fingerprint density at radius 1 is 1.44 bits per heavy atom. The van der Waals surface area contributed by atoms with E-state index in [0.717, 1.165) is 32.9 Å². The quantitative estimate of drug-likeness (QED) is 0.830. The van der Waals surface area contributed by atoms with Gasteiger partial charge in [0.05, 0.1) is 12.8 Å². The Morgan fingerprint density at radius 3 is 3.06 bits per heavy atom. The normalized spacial score (nSPS) is 18.8. The standard InChI is InChI=1S/C13H14N2O2S/c1-7-6-14-11-9-5-8(17-2)3-4-10(9)18-12(11)13(16)15-7/h3-5,7,14H,6H2,1-2H3,(H,15,16). The van der Waals surface area contributed by atoms with Gasteiger partial charge in [-0.3, -0.25) is 4.79 Å². The first-order valence-corrected chi connectivity index (χ1v) is 6.66. The molecule has 1 aromatic carbocycles. The van der Waals surface area contributed by atoms with Crippen LogP contribution in [0.2, 0.25) is 0 Å². The maximum Gasteiger partial charge on any atom is 0.263 e. The first kappa shape index (κ1) is 11.3. The molecule has 4 nitrogen and oxygen atoms in total. The molecule has 0 fully saturated rings. The van der Waals surface area contributed by atoms with Crippen LogP contribution in [0.5, 0.6) is 5.75 Å². The number of anilines is 1. The first-order chi connectivity index (χ1) is 8.69. The molecule has 1 amide bonds. The molecule has 1 unspecified atom stereocenters. The minimum atomic E-state index is 0.00247. The molecule has 1 aromatic heterocycles. The molecule has 18 heavy (non-hydrogen) atoms. The molecule has 1 aliphatic rings. The lowest BCUT2D eigenvalue weighted by Crippen LogP contribution is -2.34. The summed E-state index contributed by atoms with van der Waals surface area (Å²) in [6, 6.07) is 6.02. The molecule has 0 saturated carbocycles. The highest BCUT2D eigenvalue weighted by atomic mass is 32.1. The van der Waals surface area contributed by atoms with Crippen LogP contribution in [-0.2, 0) is 0 Å². The number of ether oxygens (including phenoxy) is 1. The molecule has 5 heteroatoms. The fraction of sp³-hybridized carbons (Fsp3) is 0.308. The molecule has 2 aromatic rings. The number of amides is 1. The van der Waals surface area contributed by atoms with Crippen molar-refractivity contribution in [2.24, 2.45) is 0 Å². The number of hydrogen-bond acceptors (Lipinski definition) is 4. The highest BCUT2D eigenvalue weighted by Crippen LogP contribution is 2.38. The Balaban J connectivity index is 2.19. The van der Waals surface area contributed by atoms with Gasteiger partial charge in [-0.1, -0.05) is 0 Å². The number of thiophene rings is 1. The molecule has 2 N–H and O–H groups in total. The van der Waals surface area contributed by atoms with Gasteiger partial charge in [0.1, 0.15) is 10.6 Å². The Kier molecular flexibility index (Phi) is 2.63. The zero-order valence-electron chi connectivity index (χ0n) is 10.2. The van der Waals surface area contributed by atoms with E-state index in [4.69, 9.17) is 4.74 Å². The molecule has 3 rings (SSSR count). The molecule has 1 atom stereocenters. The van der Waals surface area contributed by atoms with Crippen LogP contribution in [0.1, 0.15) is 16.6 Å². The van der Waals surface area contributed by atoms with E-state index in [0.29, 0.717) is 0 Å². The molecule has 0 saturated heterocycles. The average molecular weight is 262 g/mol. The van der Waals surface area contributed by atoms with Gasteiger partial charge in [0.2, 0.25) is 0 Å². The van der Waals surface area contributed by atoms with E-state index in [-0.39, 0.29) is 11.9 Å². The van der Waals surface area contributed by atoms with Gasteiger partial charge < -0.3 is 15.4 Å². The Hall–Kier alpha value is -1.75. The van der Waals surface area contributed by atoms with Crippen LogP contribution in [0.4, 0.5) is 5.69 Å². The Bertz CT molecular complexity index is 621. The van der Waals surface area contributed by atoms with E-state index in [1.807, 2.05) is 25.1 Å². The number of rotatable bonds is 1. The SMILES string of the molecule is COc1ccc2sc3c(c2c1)NCC(C)NC3=O. The van der Waals surface area contributed by atoms with Gasteiger partial charge in [-0.25, -0.2) is 0 Å². The van der Waals surface area contributed by atoms with Gasteiger partial charge in [-0.05, 0) is 25.1 Å². The van der Waals surface area contributed by atoms with E-state index in [9.17, 15) is 4.79 Å². The molecule has 2 heterocycles. The lowest BCUT2D eigenvalue weighted by Gasteiger charge is -2.09. The summed E-state index contributed by atoms with van der Waals surface area (Å²) >= 11 is 1.51. The minimum absolute atomic E-state index is 0.00247. The van der Waals surface area contributed by atoms with Crippen molar-refractivity contribution >= 4 is 33.0 Å². The zero-order chi connectivity index (χ0) is 12.7. The summed E-state index contributed by atoms with van der Waals surface area (Å²) in [5.74, 6) is 0.810.